The maximum atomic E-state index is 12.0. The summed E-state index contributed by atoms with van der Waals surface area (Å²) >= 11 is 0. The molecule has 96 valence electrons. The molecule has 2 amide bonds. The van der Waals surface area contributed by atoms with Crippen LogP contribution in [0.25, 0.3) is 0 Å². The average molecular weight is 244 g/mol. The topological polar surface area (TPSA) is 32.3 Å². The SMILES string of the molecule is CC/C(C)=C/NC(=O)N1CCc2ccccc2C1. The molecule has 18 heavy (non-hydrogen) atoms. The van der Waals surface area contributed by atoms with E-state index in [2.05, 4.69) is 30.4 Å². The lowest BCUT2D eigenvalue weighted by Gasteiger charge is -2.28. The molecule has 0 saturated heterocycles. The maximum Gasteiger partial charge on any atom is 0.321 e. The molecule has 0 aromatic heterocycles. The summed E-state index contributed by atoms with van der Waals surface area (Å²) in [5.74, 6) is 0. The highest BCUT2D eigenvalue weighted by molar-refractivity contribution is 5.75. The number of nitrogens with one attached hydrogen (secondary N) is 1. The Morgan fingerprint density at radius 2 is 2.11 bits per heavy atom. The summed E-state index contributed by atoms with van der Waals surface area (Å²) in [6, 6.07) is 8.33. The van der Waals surface area contributed by atoms with E-state index in [-0.39, 0.29) is 6.03 Å². The van der Waals surface area contributed by atoms with E-state index in [0.29, 0.717) is 6.54 Å². The first-order valence-corrected chi connectivity index (χ1v) is 6.48. The zero-order valence-corrected chi connectivity index (χ0v) is 11.1. The number of benzene rings is 1. The van der Waals surface area contributed by atoms with Crippen LogP contribution in [0.1, 0.15) is 31.4 Å². The van der Waals surface area contributed by atoms with Crippen LogP contribution in [0.4, 0.5) is 4.79 Å². The molecule has 1 aromatic rings. The van der Waals surface area contributed by atoms with Crippen molar-refractivity contribution in [2.24, 2.45) is 0 Å². The molecule has 1 N–H and O–H groups in total. The van der Waals surface area contributed by atoms with Crippen molar-refractivity contribution in [1.29, 1.82) is 0 Å². The third-order valence-electron chi connectivity index (χ3n) is 3.42. The fraction of sp³-hybridized carbons (Fsp3) is 0.400. The molecule has 0 radical (unpaired) electrons. The number of fused-ring (bicyclic) bond motifs is 1. The Balaban J connectivity index is 1.98. The van der Waals surface area contributed by atoms with Crippen molar-refractivity contribution in [2.45, 2.75) is 33.2 Å². The average Bonchev–Trinajstić information content (AvgIpc) is 2.43. The van der Waals surface area contributed by atoms with Gasteiger partial charge in [-0.1, -0.05) is 36.8 Å². The predicted octanol–water partition coefficient (Wildman–Crippen LogP) is 3.07. The Kier molecular flexibility index (Phi) is 4.03. The smallest absolute Gasteiger partial charge is 0.320 e. The lowest BCUT2D eigenvalue weighted by Crippen LogP contribution is -2.41. The van der Waals surface area contributed by atoms with Gasteiger partial charge in [-0.2, -0.15) is 0 Å². The number of carbonyl (C=O) groups is 1. The van der Waals surface area contributed by atoms with Gasteiger partial charge in [-0.3, -0.25) is 0 Å². The van der Waals surface area contributed by atoms with Crippen molar-refractivity contribution >= 4 is 6.03 Å². The van der Waals surface area contributed by atoms with E-state index in [1.807, 2.05) is 24.1 Å². The van der Waals surface area contributed by atoms with Crippen LogP contribution in [-0.4, -0.2) is 17.5 Å². The molecule has 0 fully saturated rings. The van der Waals surface area contributed by atoms with Gasteiger partial charge in [-0.25, -0.2) is 4.79 Å². The Morgan fingerprint density at radius 1 is 1.39 bits per heavy atom. The van der Waals surface area contributed by atoms with Crippen molar-refractivity contribution < 1.29 is 4.79 Å². The minimum Gasteiger partial charge on any atom is -0.320 e. The second-order valence-corrected chi connectivity index (χ2v) is 4.73. The van der Waals surface area contributed by atoms with Crippen molar-refractivity contribution in [3.8, 4) is 0 Å². The summed E-state index contributed by atoms with van der Waals surface area (Å²) in [5, 5.41) is 2.86. The lowest BCUT2D eigenvalue weighted by atomic mass is 10.0. The fourth-order valence-corrected chi connectivity index (χ4v) is 2.05. The highest BCUT2D eigenvalue weighted by atomic mass is 16.2. The van der Waals surface area contributed by atoms with E-state index in [1.54, 1.807) is 0 Å². The van der Waals surface area contributed by atoms with Crippen LogP contribution in [0.3, 0.4) is 0 Å². The second kappa shape index (κ2) is 5.71. The number of hydrogen-bond acceptors (Lipinski definition) is 1. The van der Waals surface area contributed by atoms with Crippen molar-refractivity contribution in [2.75, 3.05) is 6.54 Å². The molecule has 0 aliphatic carbocycles. The molecule has 0 atom stereocenters. The summed E-state index contributed by atoms with van der Waals surface area (Å²) in [4.78, 5) is 13.9. The number of nitrogens with zero attached hydrogens (tertiary/aromatic N) is 1. The molecule has 0 spiro atoms. The van der Waals surface area contributed by atoms with Crippen molar-refractivity contribution in [3.63, 3.8) is 0 Å². The zero-order chi connectivity index (χ0) is 13.0. The van der Waals surface area contributed by atoms with Gasteiger partial charge in [0.1, 0.15) is 0 Å². The predicted molar refractivity (Wildman–Crippen MR) is 73.1 cm³/mol. The Morgan fingerprint density at radius 3 is 2.83 bits per heavy atom. The summed E-state index contributed by atoms with van der Waals surface area (Å²) in [5.41, 5.74) is 3.80. The van der Waals surface area contributed by atoms with Crippen LogP contribution in [0.15, 0.2) is 36.0 Å². The van der Waals surface area contributed by atoms with Gasteiger partial charge in [-0.15, -0.1) is 0 Å². The molecule has 1 aliphatic rings. The summed E-state index contributed by atoms with van der Waals surface area (Å²) in [7, 11) is 0. The third kappa shape index (κ3) is 2.92. The highest BCUT2D eigenvalue weighted by Crippen LogP contribution is 2.18. The first kappa shape index (κ1) is 12.7. The standard InChI is InChI=1S/C15H20N2O/c1-3-12(2)10-16-15(18)17-9-8-13-6-4-5-7-14(13)11-17/h4-7,10H,3,8-9,11H2,1-2H3,(H,16,18)/b12-10+. The summed E-state index contributed by atoms with van der Waals surface area (Å²) < 4.78 is 0. The molecule has 3 heteroatoms. The van der Waals surface area contributed by atoms with Crippen LogP contribution < -0.4 is 5.32 Å². The van der Waals surface area contributed by atoms with Crippen LogP contribution in [-0.2, 0) is 13.0 Å². The Hall–Kier alpha value is -1.77. The fourth-order valence-electron chi connectivity index (χ4n) is 2.05. The molecular formula is C15H20N2O. The number of urea groups is 1. The molecule has 1 aliphatic heterocycles. The van der Waals surface area contributed by atoms with E-state index in [9.17, 15) is 4.79 Å². The minimum atomic E-state index is -0.00250. The second-order valence-electron chi connectivity index (χ2n) is 4.73. The first-order valence-electron chi connectivity index (χ1n) is 6.48. The van der Waals surface area contributed by atoms with Crippen LogP contribution in [0, 0.1) is 0 Å². The van der Waals surface area contributed by atoms with Crippen LogP contribution >= 0.6 is 0 Å². The maximum absolute atomic E-state index is 12.0. The van der Waals surface area contributed by atoms with Crippen LogP contribution in [0.2, 0.25) is 0 Å². The quantitative estimate of drug-likeness (QED) is 0.852. The molecule has 2 rings (SSSR count). The molecule has 1 aromatic carbocycles. The molecule has 0 unspecified atom stereocenters. The largest absolute Gasteiger partial charge is 0.321 e. The number of carbonyl (C=O) groups excluding carboxylic acids is 1. The molecule has 1 heterocycles. The van der Waals surface area contributed by atoms with E-state index >= 15 is 0 Å². The van der Waals surface area contributed by atoms with Gasteiger partial charge < -0.3 is 10.2 Å². The van der Waals surface area contributed by atoms with Crippen molar-refractivity contribution in [3.05, 3.63) is 47.2 Å². The minimum absolute atomic E-state index is 0.00250. The van der Waals surface area contributed by atoms with E-state index < -0.39 is 0 Å². The van der Waals surface area contributed by atoms with Gasteiger partial charge in [0.25, 0.3) is 0 Å². The van der Waals surface area contributed by atoms with Gasteiger partial charge in [0.2, 0.25) is 0 Å². The van der Waals surface area contributed by atoms with E-state index in [4.69, 9.17) is 0 Å². The highest BCUT2D eigenvalue weighted by Gasteiger charge is 2.19. The van der Waals surface area contributed by atoms with Gasteiger partial charge in [0.15, 0.2) is 0 Å². The first-order chi connectivity index (χ1) is 8.70. The van der Waals surface area contributed by atoms with E-state index in [0.717, 1.165) is 19.4 Å². The number of hydrogen-bond donors (Lipinski definition) is 1. The summed E-state index contributed by atoms with van der Waals surface area (Å²) in [6.45, 7) is 5.60. The Labute approximate surface area is 108 Å². The van der Waals surface area contributed by atoms with Gasteiger partial charge >= 0.3 is 6.03 Å². The third-order valence-corrected chi connectivity index (χ3v) is 3.42. The molecule has 0 saturated carbocycles. The monoisotopic (exact) mass is 244 g/mol. The Bertz CT molecular complexity index is 465. The normalized spacial score (nSPS) is 15.2. The molecule has 0 bridgehead atoms. The van der Waals surface area contributed by atoms with Gasteiger partial charge in [0.05, 0.1) is 0 Å². The lowest BCUT2D eigenvalue weighted by molar-refractivity contribution is 0.196. The van der Waals surface area contributed by atoms with Gasteiger partial charge in [0, 0.05) is 19.3 Å². The van der Waals surface area contributed by atoms with Crippen molar-refractivity contribution in [1.82, 2.24) is 10.2 Å². The molecule has 3 nitrogen and oxygen atoms in total. The van der Waals surface area contributed by atoms with E-state index in [1.165, 1.54) is 16.7 Å². The zero-order valence-electron chi connectivity index (χ0n) is 11.1. The number of allylic oxidation sites excluding steroid dienone is 1. The summed E-state index contributed by atoms with van der Waals surface area (Å²) in [6.07, 6.45) is 3.71. The van der Waals surface area contributed by atoms with Gasteiger partial charge in [-0.05, 0) is 30.9 Å². The van der Waals surface area contributed by atoms with Crippen LogP contribution in [0.5, 0.6) is 0 Å². The number of rotatable bonds is 2. The molecular weight excluding hydrogens is 224 g/mol. The number of amides is 2.